The number of aromatic nitrogens is 2. The van der Waals surface area contributed by atoms with E-state index in [9.17, 15) is 13.6 Å². The molecule has 1 aromatic heterocycles. The summed E-state index contributed by atoms with van der Waals surface area (Å²) < 4.78 is 29.3. The Morgan fingerprint density at radius 2 is 1.84 bits per heavy atom. The minimum Gasteiger partial charge on any atom is -0.273 e. The van der Waals surface area contributed by atoms with Crippen LogP contribution >= 0.6 is 0 Å². The maximum Gasteiger partial charge on any atom is 0.243 e. The van der Waals surface area contributed by atoms with Crippen molar-refractivity contribution in [1.29, 1.82) is 0 Å². The van der Waals surface area contributed by atoms with Gasteiger partial charge in [0.05, 0.1) is 6.04 Å². The molecule has 0 saturated heterocycles. The SMILES string of the molecule is Cc1ccnn1CC12CC(CCCCCC(=O)N3N=CCC3c3cc(F)cc(F)c3)(C1)C2. The fraction of sp³-hybridized carbons (Fsp3) is 0.560. The van der Waals surface area contributed by atoms with Gasteiger partial charge in [-0.2, -0.15) is 10.2 Å². The van der Waals surface area contributed by atoms with Gasteiger partial charge in [0.1, 0.15) is 11.6 Å². The molecule has 3 saturated carbocycles. The second-order valence-corrected chi connectivity index (χ2v) is 10.2. The van der Waals surface area contributed by atoms with Crippen molar-refractivity contribution in [1.82, 2.24) is 14.8 Å². The molecule has 1 aromatic carbocycles. The van der Waals surface area contributed by atoms with Crippen LogP contribution in [-0.2, 0) is 11.3 Å². The second kappa shape index (κ2) is 8.09. The largest absolute Gasteiger partial charge is 0.273 e. The first-order valence-corrected chi connectivity index (χ1v) is 11.7. The van der Waals surface area contributed by atoms with Gasteiger partial charge < -0.3 is 0 Å². The summed E-state index contributed by atoms with van der Waals surface area (Å²) in [4.78, 5) is 12.7. The van der Waals surface area contributed by atoms with Crippen molar-refractivity contribution in [2.24, 2.45) is 15.9 Å². The Balaban J connectivity index is 1.03. The van der Waals surface area contributed by atoms with Gasteiger partial charge in [-0.25, -0.2) is 13.8 Å². The summed E-state index contributed by atoms with van der Waals surface area (Å²) >= 11 is 0. The van der Waals surface area contributed by atoms with E-state index in [1.165, 1.54) is 48.5 Å². The third kappa shape index (κ3) is 3.97. The van der Waals surface area contributed by atoms with Gasteiger partial charge >= 0.3 is 0 Å². The van der Waals surface area contributed by atoms with Crippen molar-refractivity contribution in [3.63, 3.8) is 0 Å². The number of hydrazone groups is 1. The van der Waals surface area contributed by atoms with Gasteiger partial charge in [0.15, 0.2) is 0 Å². The summed E-state index contributed by atoms with van der Waals surface area (Å²) in [6.45, 7) is 3.16. The summed E-state index contributed by atoms with van der Waals surface area (Å²) in [5, 5.41) is 10.0. The van der Waals surface area contributed by atoms with Crippen LogP contribution in [0.15, 0.2) is 35.6 Å². The highest BCUT2D eigenvalue weighted by Gasteiger charge is 2.66. The van der Waals surface area contributed by atoms with Crippen LogP contribution in [0.3, 0.4) is 0 Å². The smallest absolute Gasteiger partial charge is 0.243 e. The van der Waals surface area contributed by atoms with E-state index < -0.39 is 17.7 Å². The molecule has 6 rings (SSSR count). The van der Waals surface area contributed by atoms with E-state index in [-0.39, 0.29) is 5.91 Å². The summed E-state index contributed by atoms with van der Waals surface area (Å²) in [5.74, 6) is -1.34. The molecular weight excluding hydrogens is 410 g/mol. The Bertz CT molecular complexity index is 1010. The van der Waals surface area contributed by atoms with E-state index in [1.54, 1.807) is 6.21 Å². The monoisotopic (exact) mass is 440 g/mol. The van der Waals surface area contributed by atoms with Gasteiger partial charge in [0.2, 0.25) is 5.91 Å². The molecule has 3 aliphatic carbocycles. The minimum atomic E-state index is -0.630. The van der Waals surface area contributed by atoms with E-state index >= 15 is 0 Å². The molecule has 2 aromatic rings. The summed E-state index contributed by atoms with van der Waals surface area (Å²) in [6.07, 6.45) is 12.6. The summed E-state index contributed by atoms with van der Waals surface area (Å²) in [7, 11) is 0. The molecule has 1 unspecified atom stereocenters. The number of halogens is 2. The van der Waals surface area contributed by atoms with Crippen LogP contribution in [0.5, 0.6) is 0 Å². The molecule has 7 heteroatoms. The molecule has 0 spiro atoms. The number of aryl methyl sites for hydroxylation is 1. The van der Waals surface area contributed by atoms with Gasteiger partial charge in [-0.3, -0.25) is 9.48 Å². The molecule has 170 valence electrons. The third-order valence-corrected chi connectivity index (χ3v) is 7.62. The van der Waals surface area contributed by atoms with Crippen LogP contribution < -0.4 is 0 Å². The van der Waals surface area contributed by atoms with Crippen molar-refractivity contribution in [2.75, 3.05) is 0 Å². The van der Waals surface area contributed by atoms with E-state index in [4.69, 9.17) is 0 Å². The van der Waals surface area contributed by atoms with Gasteiger partial charge in [-0.05, 0) is 73.6 Å². The molecule has 0 radical (unpaired) electrons. The maximum absolute atomic E-state index is 13.6. The summed E-state index contributed by atoms with van der Waals surface area (Å²) in [5.41, 5.74) is 2.71. The zero-order valence-corrected chi connectivity index (χ0v) is 18.6. The van der Waals surface area contributed by atoms with Gasteiger partial charge in [0.25, 0.3) is 0 Å². The normalized spacial score (nSPS) is 28.0. The highest BCUT2D eigenvalue weighted by molar-refractivity contribution is 5.79. The quantitative estimate of drug-likeness (QED) is 0.480. The standard InChI is InChI=1S/C25H30F2N4O/c1-18-6-9-28-30(18)17-25-14-24(15-25,16-25)8-4-2-3-5-23(32)31-22(7-10-29-31)19-11-20(26)13-21(27)12-19/h6,9-13,22H,2-5,7-8,14-17H2,1H3. The number of carbonyl (C=O) groups is 1. The molecule has 0 N–H and O–H groups in total. The molecule has 1 aliphatic heterocycles. The van der Waals surface area contributed by atoms with Crippen LogP contribution in [0.1, 0.15) is 75.1 Å². The Morgan fingerprint density at radius 3 is 2.53 bits per heavy atom. The molecule has 5 nitrogen and oxygen atoms in total. The number of nitrogens with zero attached hydrogens (tertiary/aromatic N) is 4. The Kier molecular flexibility index (Phi) is 5.38. The number of benzene rings is 1. The van der Waals surface area contributed by atoms with E-state index in [2.05, 4.69) is 27.9 Å². The van der Waals surface area contributed by atoms with Crippen LogP contribution in [0.25, 0.3) is 0 Å². The molecule has 1 amide bonds. The van der Waals surface area contributed by atoms with Crippen LogP contribution in [-0.4, -0.2) is 26.9 Å². The number of hydrogen-bond acceptors (Lipinski definition) is 3. The van der Waals surface area contributed by atoms with Crippen molar-refractivity contribution in [3.05, 3.63) is 53.4 Å². The van der Waals surface area contributed by atoms with Crippen LogP contribution in [0, 0.1) is 29.4 Å². The lowest BCUT2D eigenvalue weighted by Crippen LogP contribution is -2.63. The van der Waals surface area contributed by atoms with Crippen molar-refractivity contribution < 1.29 is 13.6 Å². The number of rotatable bonds is 9. The number of amides is 1. The highest BCUT2D eigenvalue weighted by Crippen LogP contribution is 2.75. The van der Waals surface area contributed by atoms with E-state index in [0.29, 0.717) is 29.2 Å². The average Bonchev–Trinajstić information content (AvgIpc) is 3.33. The first-order valence-electron chi connectivity index (χ1n) is 11.7. The summed E-state index contributed by atoms with van der Waals surface area (Å²) in [6, 6.07) is 5.06. The first kappa shape index (κ1) is 21.3. The Labute approximate surface area is 187 Å². The third-order valence-electron chi connectivity index (χ3n) is 7.62. The molecular formula is C25H30F2N4O. The fourth-order valence-electron chi connectivity index (χ4n) is 6.31. The zero-order valence-electron chi connectivity index (χ0n) is 18.6. The first-order chi connectivity index (χ1) is 15.4. The lowest BCUT2D eigenvalue weighted by atomic mass is 9.34. The van der Waals surface area contributed by atoms with E-state index in [0.717, 1.165) is 31.9 Å². The fourth-order valence-corrected chi connectivity index (χ4v) is 6.31. The molecule has 3 fully saturated rings. The highest BCUT2D eigenvalue weighted by atomic mass is 19.1. The molecule has 4 aliphatic rings. The van der Waals surface area contributed by atoms with Gasteiger partial charge in [-0.15, -0.1) is 0 Å². The molecule has 2 bridgehead atoms. The predicted molar refractivity (Wildman–Crippen MR) is 118 cm³/mol. The van der Waals surface area contributed by atoms with Crippen LogP contribution in [0.4, 0.5) is 8.78 Å². The predicted octanol–water partition coefficient (Wildman–Crippen LogP) is 5.55. The number of carbonyl (C=O) groups excluding carboxylic acids is 1. The van der Waals surface area contributed by atoms with Crippen molar-refractivity contribution in [2.45, 2.75) is 77.3 Å². The Morgan fingerprint density at radius 1 is 1.09 bits per heavy atom. The number of unbranched alkanes of at least 4 members (excludes halogenated alkanes) is 2. The topological polar surface area (TPSA) is 50.5 Å². The lowest BCUT2D eigenvalue weighted by Gasteiger charge is -2.71. The van der Waals surface area contributed by atoms with Gasteiger partial charge in [0, 0.05) is 43.6 Å². The molecule has 32 heavy (non-hydrogen) atoms. The molecule has 1 atom stereocenters. The average molecular weight is 441 g/mol. The molecule has 2 heterocycles. The maximum atomic E-state index is 13.6. The lowest BCUT2D eigenvalue weighted by molar-refractivity contribution is -0.217. The second-order valence-electron chi connectivity index (χ2n) is 10.2. The number of hydrogen-bond donors (Lipinski definition) is 0. The van der Waals surface area contributed by atoms with Crippen molar-refractivity contribution >= 4 is 12.1 Å². The minimum absolute atomic E-state index is 0.0764. The zero-order chi connectivity index (χ0) is 22.3. The van der Waals surface area contributed by atoms with Crippen molar-refractivity contribution in [3.8, 4) is 0 Å². The Hall–Kier alpha value is -2.57. The van der Waals surface area contributed by atoms with Crippen LogP contribution in [0.2, 0.25) is 0 Å². The van der Waals surface area contributed by atoms with Gasteiger partial charge in [-0.1, -0.05) is 12.8 Å². The van der Waals surface area contributed by atoms with E-state index in [1.807, 2.05) is 6.20 Å².